The van der Waals surface area contributed by atoms with E-state index in [-0.39, 0.29) is 35.7 Å². The Morgan fingerprint density at radius 2 is 1.08 bits per heavy atom. The van der Waals surface area contributed by atoms with E-state index in [1.165, 1.54) is 7.11 Å². The van der Waals surface area contributed by atoms with Crippen molar-refractivity contribution in [2.24, 2.45) is 11.8 Å². The average Bonchev–Trinajstić information content (AvgIpc) is 4.05. The molecule has 2 saturated heterocycles. The van der Waals surface area contributed by atoms with E-state index in [2.05, 4.69) is 81.3 Å². The predicted octanol–water partition coefficient (Wildman–Crippen LogP) is 7.93. The molecule has 2 aliphatic rings. The molecule has 0 unspecified atom stereocenters. The molecule has 2 fully saturated rings. The third-order valence-electron chi connectivity index (χ3n) is 11.8. The zero-order valence-corrected chi connectivity index (χ0v) is 33.9. The summed E-state index contributed by atoms with van der Waals surface area (Å²) in [6.07, 6.45) is 1.35. The van der Waals surface area contributed by atoms with E-state index in [0.29, 0.717) is 18.9 Å². The number of rotatable bonds is 10. The van der Waals surface area contributed by atoms with Crippen molar-refractivity contribution in [3.63, 3.8) is 0 Å². The number of hydrogen-bond donors (Lipinski definition) is 5. The van der Waals surface area contributed by atoms with Crippen LogP contribution >= 0.6 is 0 Å². The Morgan fingerprint density at radius 3 is 1.51 bits per heavy atom. The number of hydrogen-bond acceptors (Lipinski definition) is 7. The second kappa shape index (κ2) is 16.1. The molecule has 5 N–H and O–H groups in total. The first-order valence-corrected chi connectivity index (χ1v) is 20.4. The smallest absolute Gasteiger partial charge is 0.407 e. The van der Waals surface area contributed by atoms with Gasteiger partial charge in [-0.15, -0.1) is 0 Å². The summed E-state index contributed by atoms with van der Waals surface area (Å²) in [6, 6.07) is 23.2. The number of amides is 4. The molecule has 0 aliphatic carbocycles. The van der Waals surface area contributed by atoms with E-state index in [0.717, 1.165) is 86.6 Å². The highest BCUT2D eigenvalue weighted by atomic mass is 16.5. The van der Waals surface area contributed by atoms with Gasteiger partial charge >= 0.3 is 12.2 Å². The lowest BCUT2D eigenvalue weighted by Gasteiger charge is -2.29. The molecule has 0 bridgehead atoms. The summed E-state index contributed by atoms with van der Waals surface area (Å²) in [5.74, 6) is 0.774. The van der Waals surface area contributed by atoms with E-state index in [1.807, 2.05) is 44.7 Å². The van der Waals surface area contributed by atoms with Gasteiger partial charge in [-0.05, 0) is 107 Å². The maximum Gasteiger partial charge on any atom is 0.407 e. The Labute approximate surface area is 341 Å². The number of fused-ring (bicyclic) bond motifs is 3. The lowest BCUT2D eigenvalue weighted by atomic mass is 9.97. The Hall–Kier alpha value is -6.44. The van der Waals surface area contributed by atoms with Crippen molar-refractivity contribution < 1.29 is 29.0 Å². The van der Waals surface area contributed by atoms with Gasteiger partial charge in [0.05, 0.1) is 41.3 Å². The second-order valence-electron chi connectivity index (χ2n) is 16.4. The summed E-state index contributed by atoms with van der Waals surface area (Å²) in [5.41, 5.74) is 7.56. The number of nitrogens with one attached hydrogen (secondary N) is 4. The Balaban J connectivity index is 0.997. The molecule has 4 amide bonds. The first kappa shape index (κ1) is 39.4. The van der Waals surface area contributed by atoms with E-state index < -0.39 is 24.3 Å². The van der Waals surface area contributed by atoms with Gasteiger partial charge in [0.25, 0.3) is 0 Å². The van der Waals surface area contributed by atoms with Crippen LogP contribution in [-0.2, 0) is 14.3 Å². The largest absolute Gasteiger partial charge is 0.465 e. The molecule has 14 nitrogen and oxygen atoms in total. The van der Waals surface area contributed by atoms with E-state index in [9.17, 15) is 24.3 Å². The van der Waals surface area contributed by atoms with Crippen LogP contribution in [0.15, 0.2) is 72.8 Å². The van der Waals surface area contributed by atoms with Crippen molar-refractivity contribution in [1.82, 2.24) is 40.4 Å². The predicted molar refractivity (Wildman–Crippen MR) is 225 cm³/mol. The molecule has 0 radical (unpaired) electrons. The highest BCUT2D eigenvalue weighted by molar-refractivity contribution is 5.93. The molecule has 8 rings (SSSR count). The van der Waals surface area contributed by atoms with Crippen LogP contribution in [0.25, 0.3) is 55.1 Å². The molecular weight excluding hydrogens is 749 g/mol. The zero-order valence-electron chi connectivity index (χ0n) is 33.9. The summed E-state index contributed by atoms with van der Waals surface area (Å²) < 4.78 is 4.78. The average molecular weight is 799 g/mol. The van der Waals surface area contributed by atoms with Crippen LogP contribution in [0.3, 0.4) is 0 Å². The lowest BCUT2D eigenvalue weighted by molar-refractivity contribution is -0.136. The molecule has 0 saturated carbocycles. The number of alkyl carbamates (subject to hydrolysis) is 1. The topological polar surface area (TPSA) is 186 Å². The normalized spacial score (nSPS) is 17.9. The van der Waals surface area contributed by atoms with Gasteiger partial charge < -0.3 is 40.2 Å². The minimum atomic E-state index is -1.21. The monoisotopic (exact) mass is 798 g/mol. The van der Waals surface area contributed by atoms with Gasteiger partial charge in [0.1, 0.15) is 23.7 Å². The number of imidazole rings is 2. The molecule has 6 aromatic rings. The number of likely N-dealkylation sites (tertiary alicyclic amines) is 2. The highest BCUT2D eigenvalue weighted by Gasteiger charge is 2.39. The number of H-pyrrole nitrogens is 2. The Morgan fingerprint density at radius 1 is 0.661 bits per heavy atom. The van der Waals surface area contributed by atoms with Crippen molar-refractivity contribution in [3.8, 4) is 22.3 Å². The number of methoxy groups -OCH3 is 1. The molecule has 59 heavy (non-hydrogen) atoms. The first-order valence-electron chi connectivity index (χ1n) is 20.4. The van der Waals surface area contributed by atoms with E-state index >= 15 is 0 Å². The number of nitrogens with zero attached hydrogens (tertiary/aromatic N) is 4. The number of carbonyl (C=O) groups is 4. The number of ether oxygens (including phenoxy) is 1. The van der Waals surface area contributed by atoms with Crippen LogP contribution in [-0.4, -0.2) is 91.1 Å². The summed E-state index contributed by atoms with van der Waals surface area (Å²) in [5, 5.41) is 16.6. The molecule has 2 aromatic heterocycles. The lowest BCUT2D eigenvalue weighted by Crippen LogP contribution is -2.51. The number of carboxylic acid groups (broad SMARTS) is 1. The van der Waals surface area contributed by atoms with Gasteiger partial charge in [0.2, 0.25) is 11.8 Å². The molecule has 14 heteroatoms. The maximum atomic E-state index is 13.7. The highest BCUT2D eigenvalue weighted by Crippen LogP contribution is 2.36. The number of carbonyl (C=O) groups excluding carboxylic acids is 3. The summed E-state index contributed by atoms with van der Waals surface area (Å²) in [4.78, 5) is 71.0. The van der Waals surface area contributed by atoms with E-state index in [1.54, 1.807) is 4.90 Å². The van der Waals surface area contributed by atoms with Gasteiger partial charge in [-0.1, -0.05) is 64.1 Å². The maximum absolute atomic E-state index is 13.7. The first-order chi connectivity index (χ1) is 28.4. The summed E-state index contributed by atoms with van der Waals surface area (Å²) >= 11 is 0. The van der Waals surface area contributed by atoms with Gasteiger partial charge in [-0.25, -0.2) is 19.6 Å². The summed E-state index contributed by atoms with van der Waals surface area (Å²) in [6.45, 7) is 8.63. The van der Waals surface area contributed by atoms with Crippen molar-refractivity contribution in [1.29, 1.82) is 0 Å². The van der Waals surface area contributed by atoms with Gasteiger partial charge in [-0.2, -0.15) is 0 Å². The molecule has 2 aliphatic heterocycles. The SMILES string of the molecule is COC(=O)N[C@H](C(=O)N1CCC[C@H]1c1nc2cc(-c3ccc4cc(-c5ccc6[nH]c([C@@H]7CCCN7C(=O)[C@@H](NC(=O)O)C(C)C)nc6c5)ccc4c3)ccc2[nH]1)C(C)C. The van der Waals surface area contributed by atoms with Crippen LogP contribution in [0.1, 0.15) is 77.1 Å². The third kappa shape index (κ3) is 7.78. The molecule has 4 aromatic carbocycles. The van der Waals surface area contributed by atoms with Crippen molar-refractivity contribution in [2.45, 2.75) is 77.5 Å². The Kier molecular flexibility index (Phi) is 10.7. The van der Waals surface area contributed by atoms with Crippen LogP contribution in [0, 0.1) is 11.8 Å². The van der Waals surface area contributed by atoms with Gasteiger partial charge in [0.15, 0.2) is 0 Å². The third-order valence-corrected chi connectivity index (χ3v) is 11.8. The van der Waals surface area contributed by atoms with Gasteiger partial charge in [0, 0.05) is 13.1 Å². The molecule has 4 heterocycles. The van der Waals surface area contributed by atoms with Crippen molar-refractivity contribution >= 4 is 56.8 Å². The Bertz CT molecular complexity index is 2580. The minimum absolute atomic E-state index is 0.111. The fraction of sp³-hybridized carbons (Fsp3) is 0.378. The number of aromatic amines is 2. The van der Waals surface area contributed by atoms with Crippen LogP contribution in [0.5, 0.6) is 0 Å². The number of benzene rings is 4. The standard InChI is InChI=1S/C45H50N8O6/c1-24(2)38(50-44(56)57)42(54)52-18-6-8-36(52)40-46-32-16-14-30(22-34(32)48-40)28-12-10-27-21-29(13-11-26(27)20-28)31-15-17-33-35(23-31)49-41(47-33)37-9-7-19-53(37)43(55)39(25(3)4)51-45(58)59-5/h10-17,20-25,36-39,50H,6-9,18-19H2,1-5H3,(H,46,48)(H,47,49)(H,51,58)(H,56,57)/t36-,37-,38-,39-/m0/s1. The van der Waals surface area contributed by atoms with Crippen LogP contribution in [0.4, 0.5) is 9.59 Å². The van der Waals surface area contributed by atoms with Crippen LogP contribution < -0.4 is 10.6 Å². The van der Waals surface area contributed by atoms with Crippen molar-refractivity contribution in [2.75, 3.05) is 20.2 Å². The fourth-order valence-electron chi connectivity index (χ4n) is 8.66. The molecule has 0 spiro atoms. The summed E-state index contributed by atoms with van der Waals surface area (Å²) in [7, 11) is 1.29. The number of aromatic nitrogens is 4. The molecule has 4 atom stereocenters. The molecular formula is C45H50N8O6. The fourth-order valence-corrected chi connectivity index (χ4v) is 8.66. The zero-order chi connectivity index (χ0) is 41.5. The second-order valence-corrected chi connectivity index (χ2v) is 16.4. The van der Waals surface area contributed by atoms with Crippen molar-refractivity contribution in [3.05, 3.63) is 84.4 Å². The van der Waals surface area contributed by atoms with Gasteiger partial charge in [-0.3, -0.25) is 9.59 Å². The molecule has 306 valence electrons. The quantitative estimate of drug-likeness (QED) is 0.0925. The minimum Gasteiger partial charge on any atom is -0.465 e. The van der Waals surface area contributed by atoms with E-state index in [4.69, 9.17) is 14.7 Å². The van der Waals surface area contributed by atoms with Crippen LogP contribution in [0.2, 0.25) is 0 Å².